The molecule has 1 aliphatic rings. The van der Waals surface area contributed by atoms with E-state index in [9.17, 15) is 18.4 Å². The van der Waals surface area contributed by atoms with Crippen LogP contribution in [-0.2, 0) is 9.59 Å². The van der Waals surface area contributed by atoms with Gasteiger partial charge >= 0.3 is 0 Å². The van der Waals surface area contributed by atoms with Crippen molar-refractivity contribution in [3.63, 3.8) is 0 Å². The fourth-order valence-electron chi connectivity index (χ4n) is 2.50. The molecular formula is C16H20F2N2O3. The van der Waals surface area contributed by atoms with Gasteiger partial charge in [0.2, 0.25) is 11.8 Å². The second-order valence-electron chi connectivity index (χ2n) is 5.92. The molecule has 126 valence electrons. The first kappa shape index (κ1) is 17.3. The van der Waals surface area contributed by atoms with E-state index in [-0.39, 0.29) is 37.2 Å². The third-order valence-electron chi connectivity index (χ3n) is 4.19. The molecule has 2 N–H and O–H groups in total. The lowest BCUT2D eigenvalue weighted by atomic mass is 10.0. The summed E-state index contributed by atoms with van der Waals surface area (Å²) in [7, 11) is 0. The zero-order valence-corrected chi connectivity index (χ0v) is 13.1. The highest BCUT2D eigenvalue weighted by atomic mass is 19.1. The van der Waals surface area contributed by atoms with Gasteiger partial charge in [0.1, 0.15) is 17.6 Å². The van der Waals surface area contributed by atoms with Crippen LogP contribution >= 0.6 is 0 Å². The van der Waals surface area contributed by atoms with Crippen LogP contribution in [0.5, 0.6) is 0 Å². The van der Waals surface area contributed by atoms with Crippen molar-refractivity contribution in [1.82, 2.24) is 5.32 Å². The number of benzene rings is 1. The Morgan fingerprint density at radius 1 is 1.35 bits per heavy atom. The number of carbonyl (C=O) groups is 2. The van der Waals surface area contributed by atoms with Crippen LogP contribution in [0.3, 0.4) is 0 Å². The maximum Gasteiger partial charge on any atom is 0.239 e. The Morgan fingerprint density at radius 2 is 1.96 bits per heavy atom. The summed E-state index contributed by atoms with van der Waals surface area (Å²) in [6.07, 6.45) is 0.281. The van der Waals surface area contributed by atoms with Gasteiger partial charge in [-0.3, -0.25) is 9.59 Å². The van der Waals surface area contributed by atoms with E-state index < -0.39 is 29.4 Å². The highest BCUT2D eigenvalue weighted by Gasteiger charge is 2.38. The number of rotatable bonds is 5. The van der Waals surface area contributed by atoms with Crippen LogP contribution in [0.1, 0.15) is 20.3 Å². The van der Waals surface area contributed by atoms with Crippen LogP contribution in [0.25, 0.3) is 0 Å². The lowest BCUT2D eigenvalue weighted by Gasteiger charge is -2.21. The zero-order chi connectivity index (χ0) is 17.1. The number of aliphatic hydroxyl groups excluding tert-OH is 1. The number of halogens is 2. The van der Waals surface area contributed by atoms with E-state index in [0.717, 1.165) is 18.2 Å². The summed E-state index contributed by atoms with van der Waals surface area (Å²) in [5, 5.41) is 11.8. The minimum Gasteiger partial charge on any atom is -0.396 e. The highest BCUT2D eigenvalue weighted by molar-refractivity contribution is 6.09. The fraction of sp³-hybridized carbons (Fsp3) is 0.500. The number of hydrogen-bond acceptors (Lipinski definition) is 3. The zero-order valence-electron chi connectivity index (χ0n) is 13.1. The molecule has 1 heterocycles. The van der Waals surface area contributed by atoms with Crippen molar-refractivity contribution < 1.29 is 23.5 Å². The van der Waals surface area contributed by atoms with E-state index in [4.69, 9.17) is 5.11 Å². The monoisotopic (exact) mass is 326 g/mol. The molecule has 2 amide bonds. The van der Waals surface area contributed by atoms with Crippen LogP contribution in [0.2, 0.25) is 0 Å². The lowest BCUT2D eigenvalue weighted by molar-refractivity contribution is -0.132. The Balaban J connectivity index is 2.08. The number of anilines is 1. The third kappa shape index (κ3) is 3.85. The van der Waals surface area contributed by atoms with Crippen LogP contribution in [0.4, 0.5) is 14.5 Å². The smallest absolute Gasteiger partial charge is 0.239 e. The number of aliphatic hydroxyl groups is 1. The quantitative estimate of drug-likeness (QED) is 0.805. The average Bonchev–Trinajstić information content (AvgIpc) is 2.87. The summed E-state index contributed by atoms with van der Waals surface area (Å²) in [6.45, 7) is 3.68. The summed E-state index contributed by atoms with van der Waals surface area (Å²) in [5.41, 5.74) is 0.111. The number of amides is 2. The summed E-state index contributed by atoms with van der Waals surface area (Å²) in [4.78, 5) is 25.8. The summed E-state index contributed by atoms with van der Waals surface area (Å²) in [5.74, 6) is -3.46. The van der Waals surface area contributed by atoms with Gasteiger partial charge in [-0.1, -0.05) is 6.92 Å². The first-order valence-electron chi connectivity index (χ1n) is 7.52. The molecule has 1 aliphatic heterocycles. The molecule has 1 aromatic rings. The maximum absolute atomic E-state index is 13.3. The normalized spacial score (nSPS) is 20.5. The molecule has 1 fully saturated rings. The molecule has 0 radical (unpaired) electrons. The molecule has 1 saturated heterocycles. The number of hydrogen-bond donors (Lipinski definition) is 2. The van der Waals surface area contributed by atoms with Crippen molar-refractivity contribution in [3.05, 3.63) is 29.8 Å². The average molecular weight is 326 g/mol. The Hall–Kier alpha value is -2.02. The number of nitrogens with one attached hydrogen (secondary N) is 1. The van der Waals surface area contributed by atoms with E-state index in [0.29, 0.717) is 0 Å². The molecule has 7 heteroatoms. The van der Waals surface area contributed by atoms with Crippen LogP contribution in [0.15, 0.2) is 18.2 Å². The van der Waals surface area contributed by atoms with Crippen molar-refractivity contribution in [2.24, 2.45) is 11.8 Å². The van der Waals surface area contributed by atoms with Crippen molar-refractivity contribution in [3.8, 4) is 0 Å². The van der Waals surface area contributed by atoms with Crippen LogP contribution < -0.4 is 10.2 Å². The molecular weight excluding hydrogens is 306 g/mol. The molecule has 0 saturated carbocycles. The van der Waals surface area contributed by atoms with Gasteiger partial charge in [0.05, 0.1) is 0 Å². The maximum atomic E-state index is 13.3. The summed E-state index contributed by atoms with van der Waals surface area (Å²) < 4.78 is 26.6. The van der Waals surface area contributed by atoms with E-state index in [1.54, 1.807) is 13.8 Å². The lowest BCUT2D eigenvalue weighted by Crippen LogP contribution is -2.44. The highest BCUT2D eigenvalue weighted by Crippen LogP contribution is 2.27. The molecule has 3 unspecified atom stereocenters. The molecule has 23 heavy (non-hydrogen) atoms. The molecule has 0 spiro atoms. The van der Waals surface area contributed by atoms with Crippen molar-refractivity contribution >= 4 is 17.5 Å². The van der Waals surface area contributed by atoms with Crippen LogP contribution in [0, 0.1) is 23.5 Å². The van der Waals surface area contributed by atoms with E-state index in [1.807, 2.05) is 0 Å². The first-order valence-corrected chi connectivity index (χ1v) is 7.52. The van der Waals surface area contributed by atoms with Gasteiger partial charge in [0.25, 0.3) is 0 Å². The molecule has 2 rings (SSSR count). The Kier molecular flexibility index (Phi) is 5.30. The summed E-state index contributed by atoms with van der Waals surface area (Å²) in [6, 6.07) is 2.59. The van der Waals surface area contributed by atoms with Crippen molar-refractivity contribution in [2.75, 3.05) is 18.1 Å². The topological polar surface area (TPSA) is 69.6 Å². The largest absolute Gasteiger partial charge is 0.396 e. The molecule has 3 atom stereocenters. The molecule has 0 bridgehead atoms. The number of nitrogens with zero attached hydrogens (tertiary/aromatic N) is 1. The first-order chi connectivity index (χ1) is 10.8. The second-order valence-corrected chi connectivity index (χ2v) is 5.92. The minimum absolute atomic E-state index is 0.0746. The number of carbonyl (C=O) groups excluding carboxylic acids is 2. The van der Waals surface area contributed by atoms with Crippen LogP contribution in [-0.4, -0.2) is 36.1 Å². The summed E-state index contributed by atoms with van der Waals surface area (Å²) >= 11 is 0. The van der Waals surface area contributed by atoms with E-state index in [2.05, 4.69) is 5.32 Å². The standard InChI is InChI=1S/C16H20F2N2O3/c1-9(8-21)10(2)19-15(22)14-3-4-20(16(14)23)13-6-11(17)5-12(18)7-13/h5-7,9-10,14,21H,3-4,8H2,1-2H3,(H,19,22). The Labute approximate surface area is 133 Å². The fourth-order valence-corrected chi connectivity index (χ4v) is 2.50. The van der Waals surface area contributed by atoms with Gasteiger partial charge in [-0.15, -0.1) is 0 Å². The Morgan fingerprint density at radius 3 is 2.52 bits per heavy atom. The predicted octanol–water partition coefficient (Wildman–Crippen LogP) is 1.45. The second kappa shape index (κ2) is 7.04. The Bertz CT molecular complexity index is 589. The van der Waals surface area contributed by atoms with Gasteiger partial charge in [-0.2, -0.15) is 0 Å². The van der Waals surface area contributed by atoms with Gasteiger partial charge in [0, 0.05) is 30.9 Å². The SMILES string of the molecule is CC(CO)C(C)NC(=O)C1CCN(c2cc(F)cc(F)c2)C1=O. The minimum atomic E-state index is -0.880. The van der Waals surface area contributed by atoms with Crippen molar-refractivity contribution in [2.45, 2.75) is 26.3 Å². The molecule has 0 aliphatic carbocycles. The van der Waals surface area contributed by atoms with E-state index in [1.165, 1.54) is 4.90 Å². The molecule has 0 aromatic heterocycles. The van der Waals surface area contributed by atoms with E-state index >= 15 is 0 Å². The van der Waals surface area contributed by atoms with Gasteiger partial charge < -0.3 is 15.3 Å². The van der Waals surface area contributed by atoms with Gasteiger partial charge in [0.15, 0.2) is 0 Å². The van der Waals surface area contributed by atoms with Crippen molar-refractivity contribution in [1.29, 1.82) is 0 Å². The van der Waals surface area contributed by atoms with Gasteiger partial charge in [-0.25, -0.2) is 8.78 Å². The molecule has 5 nitrogen and oxygen atoms in total. The van der Waals surface area contributed by atoms with Gasteiger partial charge in [-0.05, 0) is 31.4 Å². The predicted molar refractivity (Wildman–Crippen MR) is 80.7 cm³/mol. The third-order valence-corrected chi connectivity index (χ3v) is 4.19. The molecule has 1 aromatic carbocycles.